The van der Waals surface area contributed by atoms with Crippen molar-refractivity contribution in [3.8, 4) is 11.4 Å². The molecule has 0 bridgehead atoms. The molecule has 1 amide bonds. The number of carbonyl (C=O) groups excluding carboxylic acids is 1. The molecule has 2 heterocycles. The van der Waals surface area contributed by atoms with Crippen molar-refractivity contribution in [1.82, 2.24) is 14.9 Å². The molecule has 1 unspecified atom stereocenters. The number of rotatable bonds is 6. The second-order valence-corrected chi connectivity index (χ2v) is 11.3. The van der Waals surface area contributed by atoms with E-state index in [4.69, 9.17) is 9.72 Å². The van der Waals surface area contributed by atoms with Gasteiger partial charge in [0.15, 0.2) is 5.16 Å². The summed E-state index contributed by atoms with van der Waals surface area (Å²) in [5, 5.41) is 4.11. The lowest BCUT2D eigenvalue weighted by Crippen LogP contribution is -2.38. The summed E-state index contributed by atoms with van der Waals surface area (Å²) in [6, 6.07) is 7.74. The summed E-state index contributed by atoms with van der Waals surface area (Å²) in [7, 11) is 1.61. The molecule has 33 heavy (non-hydrogen) atoms. The van der Waals surface area contributed by atoms with Crippen LogP contribution >= 0.6 is 23.1 Å². The van der Waals surface area contributed by atoms with Gasteiger partial charge < -0.3 is 10.1 Å². The molecule has 174 valence electrons. The fraction of sp³-hybridized carbons (Fsp3) is 0.480. The fourth-order valence-corrected chi connectivity index (χ4v) is 7.08. The largest absolute Gasteiger partial charge is 0.497 e. The van der Waals surface area contributed by atoms with Gasteiger partial charge in [0.2, 0.25) is 5.91 Å². The zero-order valence-corrected chi connectivity index (χ0v) is 20.7. The predicted molar refractivity (Wildman–Crippen MR) is 134 cm³/mol. The van der Waals surface area contributed by atoms with Crippen molar-refractivity contribution in [2.45, 2.75) is 74.7 Å². The van der Waals surface area contributed by atoms with Crippen LogP contribution in [0.5, 0.6) is 5.75 Å². The van der Waals surface area contributed by atoms with Crippen molar-refractivity contribution < 1.29 is 9.53 Å². The number of ether oxygens (including phenoxy) is 1. The molecule has 2 aliphatic carbocycles. The van der Waals surface area contributed by atoms with Crippen LogP contribution < -0.4 is 15.6 Å². The summed E-state index contributed by atoms with van der Waals surface area (Å²) in [4.78, 5) is 33.8. The molecule has 0 saturated heterocycles. The van der Waals surface area contributed by atoms with Crippen LogP contribution in [0.3, 0.4) is 0 Å². The lowest BCUT2D eigenvalue weighted by atomic mass is 9.97. The van der Waals surface area contributed by atoms with Gasteiger partial charge in [0, 0.05) is 17.0 Å². The normalized spacial score (nSPS) is 17.2. The van der Waals surface area contributed by atoms with Crippen molar-refractivity contribution in [2.75, 3.05) is 7.11 Å². The number of nitrogens with one attached hydrogen (secondary N) is 1. The maximum absolute atomic E-state index is 13.9. The minimum absolute atomic E-state index is 0.00362. The number of methoxy groups -OCH3 is 1. The van der Waals surface area contributed by atoms with Gasteiger partial charge in [0.1, 0.15) is 10.6 Å². The number of thiophene rings is 1. The minimum Gasteiger partial charge on any atom is -0.497 e. The molecule has 2 aliphatic rings. The van der Waals surface area contributed by atoms with E-state index in [-0.39, 0.29) is 22.8 Å². The molecule has 0 spiro atoms. The molecule has 6 nitrogen and oxygen atoms in total. The molecule has 1 saturated carbocycles. The monoisotopic (exact) mass is 483 g/mol. The van der Waals surface area contributed by atoms with Crippen LogP contribution in [-0.2, 0) is 17.6 Å². The summed E-state index contributed by atoms with van der Waals surface area (Å²) in [6.07, 6.45) is 8.63. The van der Waals surface area contributed by atoms with Gasteiger partial charge in [-0.3, -0.25) is 14.2 Å². The van der Waals surface area contributed by atoms with E-state index in [2.05, 4.69) is 5.32 Å². The van der Waals surface area contributed by atoms with Gasteiger partial charge in [-0.15, -0.1) is 11.3 Å². The van der Waals surface area contributed by atoms with Gasteiger partial charge in [0.05, 0.1) is 23.4 Å². The van der Waals surface area contributed by atoms with E-state index in [0.29, 0.717) is 16.6 Å². The first-order valence-corrected chi connectivity index (χ1v) is 13.4. The molecular weight excluding hydrogens is 454 g/mol. The highest BCUT2D eigenvalue weighted by atomic mass is 32.2. The highest BCUT2D eigenvalue weighted by molar-refractivity contribution is 8.00. The first kappa shape index (κ1) is 22.5. The van der Waals surface area contributed by atoms with Crippen LogP contribution in [0.25, 0.3) is 15.9 Å². The summed E-state index contributed by atoms with van der Waals surface area (Å²) < 4.78 is 7.07. The van der Waals surface area contributed by atoms with E-state index < -0.39 is 0 Å². The number of nitrogens with zero attached hydrogens (tertiary/aromatic N) is 2. The molecule has 3 aromatic rings. The SMILES string of the molecule is COc1cccc(-n2c(SC(C)C(=O)NC3CCCC3)nc3sc4c(c3c2=O)CCCC4)c1. The first-order chi connectivity index (χ1) is 16.0. The Labute approximate surface area is 201 Å². The number of amides is 1. The summed E-state index contributed by atoms with van der Waals surface area (Å²) in [6.45, 7) is 1.89. The third kappa shape index (κ3) is 4.43. The van der Waals surface area contributed by atoms with Crippen molar-refractivity contribution in [3.05, 3.63) is 45.1 Å². The van der Waals surface area contributed by atoms with Gasteiger partial charge in [-0.1, -0.05) is 30.7 Å². The quantitative estimate of drug-likeness (QED) is 0.400. The Bertz CT molecular complexity index is 1240. The molecule has 1 aromatic carbocycles. The number of thioether (sulfide) groups is 1. The van der Waals surface area contributed by atoms with E-state index in [1.165, 1.54) is 35.0 Å². The van der Waals surface area contributed by atoms with E-state index in [1.807, 2.05) is 31.2 Å². The molecular formula is C25H29N3O3S2. The smallest absolute Gasteiger partial charge is 0.267 e. The Morgan fingerprint density at radius 3 is 2.82 bits per heavy atom. The van der Waals surface area contributed by atoms with E-state index >= 15 is 0 Å². The summed E-state index contributed by atoms with van der Waals surface area (Å²) >= 11 is 2.99. The van der Waals surface area contributed by atoms with Crippen LogP contribution in [0.1, 0.15) is 55.9 Å². The number of benzene rings is 1. The molecule has 0 radical (unpaired) electrons. The van der Waals surface area contributed by atoms with Gasteiger partial charge in [-0.05, 0) is 63.1 Å². The Morgan fingerprint density at radius 2 is 2.03 bits per heavy atom. The Kier molecular flexibility index (Phi) is 6.47. The van der Waals surface area contributed by atoms with Gasteiger partial charge in [-0.2, -0.15) is 0 Å². The lowest BCUT2D eigenvalue weighted by Gasteiger charge is -2.18. The van der Waals surface area contributed by atoms with Crippen LogP contribution in [0.2, 0.25) is 0 Å². The molecule has 1 N–H and O–H groups in total. The van der Waals surface area contributed by atoms with Gasteiger partial charge in [0.25, 0.3) is 5.56 Å². The standard InChI is InChI=1S/C25H29N3O3S2/c1-15(22(29)26-16-8-3-4-9-16)32-25-27-23-21(19-12-5-6-13-20(19)33-23)24(30)28(25)17-10-7-11-18(14-17)31-2/h7,10-11,14-16H,3-6,8-9,12-13H2,1-2H3,(H,26,29). The number of aromatic nitrogens is 2. The molecule has 8 heteroatoms. The summed E-state index contributed by atoms with van der Waals surface area (Å²) in [5.74, 6) is 0.679. The van der Waals surface area contributed by atoms with Crippen molar-refractivity contribution in [2.24, 2.45) is 0 Å². The number of carbonyl (C=O) groups is 1. The van der Waals surface area contributed by atoms with Crippen LogP contribution in [0, 0.1) is 0 Å². The zero-order valence-electron chi connectivity index (χ0n) is 19.1. The van der Waals surface area contributed by atoms with Gasteiger partial charge in [-0.25, -0.2) is 4.98 Å². The van der Waals surface area contributed by atoms with Crippen molar-refractivity contribution >= 4 is 39.2 Å². The van der Waals surface area contributed by atoms with E-state index in [1.54, 1.807) is 23.0 Å². The first-order valence-electron chi connectivity index (χ1n) is 11.7. The number of fused-ring (bicyclic) bond motifs is 3. The number of hydrogen-bond donors (Lipinski definition) is 1. The predicted octanol–water partition coefficient (Wildman–Crippen LogP) is 4.87. The van der Waals surface area contributed by atoms with E-state index in [9.17, 15) is 9.59 Å². The average Bonchev–Trinajstić information content (AvgIpc) is 3.46. The highest BCUT2D eigenvalue weighted by Crippen LogP contribution is 2.36. The Morgan fingerprint density at radius 1 is 1.24 bits per heavy atom. The number of hydrogen-bond acceptors (Lipinski definition) is 6. The third-order valence-corrected chi connectivity index (χ3v) is 8.86. The fourth-order valence-electron chi connectivity index (χ4n) is 4.84. The Balaban J connectivity index is 1.58. The maximum atomic E-state index is 13.9. The van der Waals surface area contributed by atoms with E-state index in [0.717, 1.165) is 48.7 Å². The lowest BCUT2D eigenvalue weighted by molar-refractivity contribution is -0.120. The highest BCUT2D eigenvalue weighted by Gasteiger charge is 2.26. The maximum Gasteiger partial charge on any atom is 0.267 e. The van der Waals surface area contributed by atoms with Crippen LogP contribution in [-0.4, -0.2) is 33.9 Å². The minimum atomic E-state index is -0.360. The second-order valence-electron chi connectivity index (χ2n) is 8.88. The second kappa shape index (κ2) is 9.50. The van der Waals surface area contributed by atoms with Crippen molar-refractivity contribution in [1.29, 1.82) is 0 Å². The average molecular weight is 484 g/mol. The molecule has 1 fully saturated rings. The zero-order chi connectivity index (χ0) is 22.9. The molecule has 5 rings (SSSR count). The van der Waals surface area contributed by atoms with Gasteiger partial charge >= 0.3 is 0 Å². The van der Waals surface area contributed by atoms with Crippen molar-refractivity contribution in [3.63, 3.8) is 0 Å². The summed E-state index contributed by atoms with van der Waals surface area (Å²) in [5.41, 5.74) is 1.81. The van der Waals surface area contributed by atoms with Crippen LogP contribution in [0.4, 0.5) is 0 Å². The molecule has 0 aliphatic heterocycles. The molecule has 2 aromatic heterocycles. The Hall–Kier alpha value is -2.32. The topological polar surface area (TPSA) is 73.2 Å². The number of aryl methyl sites for hydroxylation is 2. The molecule has 1 atom stereocenters. The van der Waals surface area contributed by atoms with Crippen LogP contribution in [0.15, 0.2) is 34.2 Å². The third-order valence-electron chi connectivity index (χ3n) is 6.62.